The smallest absolute Gasteiger partial charge is 0.228 e. The number of nitrogens with zero attached hydrogens (tertiary/aromatic N) is 2. The average molecular weight is 286 g/mol. The zero-order valence-corrected chi connectivity index (χ0v) is 11.2. The molecule has 2 fully saturated rings. The number of amides is 1. The monoisotopic (exact) mass is 285 g/mol. The first-order valence-corrected chi connectivity index (χ1v) is 6.88. The largest absolute Gasteiger partial charge is 0.310 e. The predicted molar refractivity (Wildman–Crippen MR) is 69.6 cm³/mol. The lowest BCUT2D eigenvalue weighted by molar-refractivity contribution is -0.121. The molecule has 3 atom stereocenters. The molecule has 18 heavy (non-hydrogen) atoms. The molecule has 6 heteroatoms. The summed E-state index contributed by atoms with van der Waals surface area (Å²) in [7, 11) is 0. The van der Waals surface area contributed by atoms with Gasteiger partial charge in [-0.05, 0) is 42.7 Å². The molecular weight excluding hydrogens is 273 g/mol. The molecule has 2 aliphatic rings. The van der Waals surface area contributed by atoms with Gasteiger partial charge in [0.25, 0.3) is 0 Å². The van der Waals surface area contributed by atoms with Crippen molar-refractivity contribution < 1.29 is 4.79 Å². The van der Waals surface area contributed by atoms with Crippen LogP contribution in [0.15, 0.2) is 6.07 Å². The van der Waals surface area contributed by atoms with Crippen LogP contribution in [0, 0.1) is 17.8 Å². The van der Waals surface area contributed by atoms with E-state index in [4.69, 9.17) is 23.2 Å². The Kier molecular flexibility index (Phi) is 3.16. The van der Waals surface area contributed by atoms with Crippen molar-refractivity contribution in [1.29, 1.82) is 0 Å². The maximum absolute atomic E-state index is 12.2. The molecule has 1 aromatic rings. The van der Waals surface area contributed by atoms with E-state index in [1.54, 1.807) is 0 Å². The number of carbonyl (C=O) groups is 1. The number of hydrogen-bond donors (Lipinski definition) is 1. The molecule has 0 spiro atoms. The fourth-order valence-corrected chi connectivity index (χ4v) is 3.65. The van der Waals surface area contributed by atoms with Crippen LogP contribution in [0.5, 0.6) is 0 Å². The molecule has 1 N–H and O–H groups in total. The molecule has 1 aromatic heterocycles. The van der Waals surface area contributed by atoms with Crippen molar-refractivity contribution in [2.75, 3.05) is 5.32 Å². The van der Waals surface area contributed by atoms with E-state index in [-0.39, 0.29) is 22.3 Å². The van der Waals surface area contributed by atoms with Gasteiger partial charge in [0.2, 0.25) is 11.2 Å². The molecule has 96 valence electrons. The van der Waals surface area contributed by atoms with E-state index >= 15 is 0 Å². The number of carbonyl (C=O) groups excluding carboxylic acids is 1. The van der Waals surface area contributed by atoms with Crippen LogP contribution in [0.4, 0.5) is 5.82 Å². The zero-order valence-electron chi connectivity index (χ0n) is 9.70. The van der Waals surface area contributed by atoms with E-state index in [0.717, 1.165) is 12.3 Å². The van der Waals surface area contributed by atoms with Crippen LogP contribution >= 0.6 is 23.2 Å². The van der Waals surface area contributed by atoms with Crippen molar-refractivity contribution in [1.82, 2.24) is 9.97 Å². The van der Waals surface area contributed by atoms with E-state index in [2.05, 4.69) is 15.3 Å². The van der Waals surface area contributed by atoms with Crippen LogP contribution in [-0.2, 0) is 4.79 Å². The second-order valence-corrected chi connectivity index (χ2v) is 5.84. The molecule has 0 radical (unpaired) electrons. The van der Waals surface area contributed by atoms with Crippen molar-refractivity contribution >= 4 is 34.9 Å². The minimum atomic E-state index is 0.0352. The summed E-state index contributed by atoms with van der Waals surface area (Å²) in [6.07, 6.45) is 4.65. The third-order valence-electron chi connectivity index (χ3n) is 3.99. The minimum Gasteiger partial charge on any atom is -0.310 e. The van der Waals surface area contributed by atoms with Gasteiger partial charge in [-0.1, -0.05) is 18.0 Å². The first-order valence-electron chi connectivity index (χ1n) is 6.13. The van der Waals surface area contributed by atoms with E-state index in [9.17, 15) is 4.79 Å². The number of halogens is 2. The van der Waals surface area contributed by atoms with Gasteiger partial charge in [-0.2, -0.15) is 0 Å². The van der Waals surface area contributed by atoms with Gasteiger partial charge in [-0.3, -0.25) is 4.79 Å². The Morgan fingerprint density at radius 1 is 1.28 bits per heavy atom. The van der Waals surface area contributed by atoms with Gasteiger partial charge in [0, 0.05) is 12.0 Å². The van der Waals surface area contributed by atoms with Gasteiger partial charge >= 0.3 is 0 Å². The van der Waals surface area contributed by atoms with Crippen molar-refractivity contribution in [3.05, 3.63) is 16.5 Å². The Bertz CT molecular complexity index is 474. The quantitative estimate of drug-likeness (QED) is 0.671. The fraction of sp³-hybridized carbons (Fsp3) is 0.583. The summed E-state index contributed by atoms with van der Waals surface area (Å²) in [5.41, 5.74) is 0. The highest BCUT2D eigenvalue weighted by Gasteiger charge is 2.43. The van der Waals surface area contributed by atoms with Crippen molar-refractivity contribution in [3.8, 4) is 0 Å². The van der Waals surface area contributed by atoms with Crippen LogP contribution in [-0.4, -0.2) is 15.9 Å². The normalized spacial score (nSPS) is 29.6. The molecule has 1 amide bonds. The maximum atomic E-state index is 12.2. The molecule has 0 aromatic carbocycles. The van der Waals surface area contributed by atoms with Crippen LogP contribution in [0.3, 0.4) is 0 Å². The first-order chi connectivity index (χ1) is 8.61. The van der Waals surface area contributed by atoms with Gasteiger partial charge in [-0.15, -0.1) is 0 Å². The average Bonchev–Trinajstić information content (AvgIpc) is 2.88. The van der Waals surface area contributed by atoms with E-state index in [1.165, 1.54) is 25.3 Å². The molecule has 3 unspecified atom stereocenters. The first kappa shape index (κ1) is 12.2. The van der Waals surface area contributed by atoms with Gasteiger partial charge in [0.05, 0.1) is 0 Å². The van der Waals surface area contributed by atoms with Gasteiger partial charge in [0.15, 0.2) is 0 Å². The van der Waals surface area contributed by atoms with E-state index in [0.29, 0.717) is 11.7 Å². The number of aromatic nitrogens is 2. The summed E-state index contributed by atoms with van der Waals surface area (Å²) >= 11 is 11.5. The van der Waals surface area contributed by atoms with Crippen LogP contribution in [0.25, 0.3) is 0 Å². The second-order valence-electron chi connectivity index (χ2n) is 5.12. The van der Waals surface area contributed by atoms with E-state index in [1.807, 2.05) is 0 Å². The van der Waals surface area contributed by atoms with Gasteiger partial charge in [0.1, 0.15) is 11.0 Å². The third-order valence-corrected chi connectivity index (χ3v) is 4.36. The Morgan fingerprint density at radius 2 is 2.11 bits per heavy atom. The summed E-state index contributed by atoms with van der Waals surface area (Å²) < 4.78 is 0. The SMILES string of the molecule is O=C(Nc1cc(Cl)nc(Cl)n1)C1CC2CCC1C2. The highest BCUT2D eigenvalue weighted by Crippen LogP contribution is 2.48. The number of rotatable bonds is 2. The summed E-state index contributed by atoms with van der Waals surface area (Å²) in [5, 5.41) is 3.07. The highest BCUT2D eigenvalue weighted by atomic mass is 35.5. The Hall–Kier alpha value is -0.870. The van der Waals surface area contributed by atoms with Gasteiger partial charge < -0.3 is 5.32 Å². The zero-order chi connectivity index (χ0) is 12.7. The second kappa shape index (κ2) is 4.67. The number of hydrogen-bond acceptors (Lipinski definition) is 3. The van der Waals surface area contributed by atoms with Crippen LogP contribution in [0.1, 0.15) is 25.7 Å². The number of anilines is 1. The maximum Gasteiger partial charge on any atom is 0.228 e. The molecule has 2 saturated carbocycles. The molecule has 4 nitrogen and oxygen atoms in total. The minimum absolute atomic E-state index is 0.0352. The Balaban J connectivity index is 1.70. The predicted octanol–water partition coefficient (Wildman–Crippen LogP) is 3.16. The topological polar surface area (TPSA) is 54.9 Å². The lowest BCUT2D eigenvalue weighted by Gasteiger charge is -2.20. The van der Waals surface area contributed by atoms with Crippen molar-refractivity contribution in [2.24, 2.45) is 17.8 Å². The number of nitrogens with one attached hydrogen (secondary N) is 1. The molecular formula is C12H13Cl2N3O. The summed E-state index contributed by atoms with van der Waals surface area (Å²) in [6, 6.07) is 1.51. The molecule has 0 saturated heterocycles. The summed E-state index contributed by atoms with van der Waals surface area (Å²) in [6.45, 7) is 0. The Labute approximate surface area is 115 Å². The molecule has 2 bridgehead atoms. The standard InChI is InChI=1S/C12H13Cl2N3O/c13-9-5-10(17-12(14)15-9)16-11(18)8-4-6-1-2-7(8)3-6/h5-8H,1-4H2,(H,15,16,17,18). The van der Waals surface area contributed by atoms with Crippen molar-refractivity contribution in [2.45, 2.75) is 25.7 Å². The molecule has 1 heterocycles. The van der Waals surface area contributed by atoms with Crippen LogP contribution in [0.2, 0.25) is 10.4 Å². The van der Waals surface area contributed by atoms with Crippen LogP contribution < -0.4 is 5.32 Å². The number of fused-ring (bicyclic) bond motifs is 2. The molecule has 2 aliphatic carbocycles. The molecule has 3 rings (SSSR count). The third kappa shape index (κ3) is 2.31. The van der Waals surface area contributed by atoms with Gasteiger partial charge in [-0.25, -0.2) is 9.97 Å². The molecule has 0 aliphatic heterocycles. The van der Waals surface area contributed by atoms with E-state index < -0.39 is 0 Å². The lowest BCUT2D eigenvalue weighted by atomic mass is 9.88. The Morgan fingerprint density at radius 3 is 2.72 bits per heavy atom. The fourth-order valence-electron chi connectivity index (χ4n) is 3.24. The summed E-state index contributed by atoms with van der Waals surface area (Å²) in [4.78, 5) is 19.9. The highest BCUT2D eigenvalue weighted by molar-refractivity contribution is 6.32. The summed E-state index contributed by atoms with van der Waals surface area (Å²) in [5.74, 6) is 1.82. The van der Waals surface area contributed by atoms with Crippen molar-refractivity contribution in [3.63, 3.8) is 0 Å². The lowest BCUT2D eigenvalue weighted by Crippen LogP contribution is -2.27.